The molecule has 1 aromatic carbocycles. The fourth-order valence-corrected chi connectivity index (χ4v) is 2.10. The Morgan fingerprint density at radius 1 is 1.42 bits per heavy atom. The third-order valence-corrected chi connectivity index (χ3v) is 3.90. The predicted molar refractivity (Wildman–Crippen MR) is 76.0 cm³/mol. The van der Waals surface area contributed by atoms with Crippen LogP contribution in [0.3, 0.4) is 0 Å². The van der Waals surface area contributed by atoms with Crippen molar-refractivity contribution in [2.75, 3.05) is 14.1 Å². The van der Waals surface area contributed by atoms with E-state index in [-0.39, 0.29) is 5.91 Å². The van der Waals surface area contributed by atoms with E-state index in [0.717, 1.165) is 10.0 Å². The standard InChI is InChI=1S/C13H15BrN4O/c1-9-5-4-6-10(12(9)14)7-18-8-11(15-16-18)13(19)17(2)3/h4-6,8H,7H2,1-3H3. The Kier molecular flexibility index (Phi) is 3.99. The van der Waals surface area contributed by atoms with E-state index in [1.807, 2.05) is 25.1 Å². The number of hydrogen-bond donors (Lipinski definition) is 0. The Bertz CT molecular complexity index is 606. The molecule has 2 aromatic rings. The lowest BCUT2D eigenvalue weighted by Gasteiger charge is -2.07. The summed E-state index contributed by atoms with van der Waals surface area (Å²) in [5, 5.41) is 7.88. The third-order valence-electron chi connectivity index (χ3n) is 2.77. The Balaban J connectivity index is 2.21. The topological polar surface area (TPSA) is 51.0 Å². The summed E-state index contributed by atoms with van der Waals surface area (Å²) in [6.45, 7) is 2.62. The number of aryl methyl sites for hydroxylation is 1. The van der Waals surface area contributed by atoms with Crippen LogP contribution in [-0.4, -0.2) is 39.9 Å². The molecule has 0 atom stereocenters. The lowest BCUT2D eigenvalue weighted by Crippen LogP contribution is -2.21. The largest absolute Gasteiger partial charge is 0.343 e. The van der Waals surface area contributed by atoms with Crippen LogP contribution in [0, 0.1) is 6.92 Å². The third kappa shape index (κ3) is 3.01. The number of aromatic nitrogens is 3. The molecule has 2 rings (SSSR count). The summed E-state index contributed by atoms with van der Waals surface area (Å²) in [5.41, 5.74) is 2.63. The fourth-order valence-electron chi connectivity index (χ4n) is 1.71. The van der Waals surface area contributed by atoms with E-state index in [4.69, 9.17) is 0 Å². The van der Waals surface area contributed by atoms with Gasteiger partial charge in [0.25, 0.3) is 5.91 Å². The van der Waals surface area contributed by atoms with Crippen LogP contribution in [0.2, 0.25) is 0 Å². The number of nitrogens with zero attached hydrogens (tertiary/aromatic N) is 4. The summed E-state index contributed by atoms with van der Waals surface area (Å²) in [5.74, 6) is -0.144. The maximum absolute atomic E-state index is 11.7. The summed E-state index contributed by atoms with van der Waals surface area (Å²) >= 11 is 3.56. The van der Waals surface area contributed by atoms with Gasteiger partial charge in [0.1, 0.15) is 0 Å². The van der Waals surface area contributed by atoms with Crippen molar-refractivity contribution in [3.63, 3.8) is 0 Å². The fraction of sp³-hybridized carbons (Fsp3) is 0.308. The first-order chi connectivity index (χ1) is 8.99. The van der Waals surface area contributed by atoms with Crippen molar-refractivity contribution in [3.8, 4) is 0 Å². The van der Waals surface area contributed by atoms with E-state index in [2.05, 4.69) is 26.2 Å². The van der Waals surface area contributed by atoms with Gasteiger partial charge in [0.15, 0.2) is 5.69 Å². The van der Waals surface area contributed by atoms with E-state index >= 15 is 0 Å². The molecule has 0 aliphatic heterocycles. The molecule has 1 heterocycles. The summed E-state index contributed by atoms with van der Waals surface area (Å²) in [6.07, 6.45) is 1.66. The minimum absolute atomic E-state index is 0.144. The van der Waals surface area contributed by atoms with Gasteiger partial charge in [-0.2, -0.15) is 0 Å². The van der Waals surface area contributed by atoms with Gasteiger partial charge in [0.2, 0.25) is 0 Å². The molecule has 0 radical (unpaired) electrons. The van der Waals surface area contributed by atoms with Crippen molar-refractivity contribution >= 4 is 21.8 Å². The van der Waals surface area contributed by atoms with Gasteiger partial charge >= 0.3 is 0 Å². The molecule has 6 heteroatoms. The van der Waals surface area contributed by atoms with E-state index in [1.54, 1.807) is 25.0 Å². The van der Waals surface area contributed by atoms with Gasteiger partial charge in [-0.3, -0.25) is 4.79 Å². The van der Waals surface area contributed by atoms with Crippen LogP contribution in [0.15, 0.2) is 28.9 Å². The van der Waals surface area contributed by atoms with Crippen molar-refractivity contribution in [1.82, 2.24) is 19.9 Å². The van der Waals surface area contributed by atoms with Crippen molar-refractivity contribution in [2.24, 2.45) is 0 Å². The first-order valence-electron chi connectivity index (χ1n) is 5.85. The average molecular weight is 323 g/mol. The Hall–Kier alpha value is -1.69. The lowest BCUT2D eigenvalue weighted by atomic mass is 10.1. The van der Waals surface area contributed by atoms with Crippen LogP contribution in [-0.2, 0) is 6.54 Å². The van der Waals surface area contributed by atoms with E-state index in [1.165, 1.54) is 10.5 Å². The maximum Gasteiger partial charge on any atom is 0.275 e. The summed E-state index contributed by atoms with van der Waals surface area (Å²) in [6, 6.07) is 6.06. The molecule has 0 fully saturated rings. The lowest BCUT2D eigenvalue weighted by molar-refractivity contribution is 0.0822. The summed E-state index contributed by atoms with van der Waals surface area (Å²) < 4.78 is 2.72. The molecule has 0 unspecified atom stereocenters. The second-order valence-corrected chi connectivity index (χ2v) is 5.34. The minimum atomic E-state index is -0.144. The van der Waals surface area contributed by atoms with Gasteiger partial charge in [0.05, 0.1) is 12.7 Å². The average Bonchev–Trinajstić information content (AvgIpc) is 2.82. The molecule has 1 amide bonds. The number of benzene rings is 1. The summed E-state index contributed by atoms with van der Waals surface area (Å²) in [7, 11) is 3.39. The number of halogens is 1. The molecule has 1 aromatic heterocycles. The quantitative estimate of drug-likeness (QED) is 0.869. The molecule has 5 nitrogen and oxygen atoms in total. The van der Waals surface area contributed by atoms with Gasteiger partial charge in [-0.1, -0.05) is 39.3 Å². The first kappa shape index (κ1) is 13.7. The zero-order chi connectivity index (χ0) is 14.0. The smallest absolute Gasteiger partial charge is 0.275 e. The molecule has 0 spiro atoms. The van der Waals surface area contributed by atoms with Crippen LogP contribution >= 0.6 is 15.9 Å². The molecule has 0 saturated carbocycles. The van der Waals surface area contributed by atoms with Crippen LogP contribution in [0.1, 0.15) is 21.6 Å². The van der Waals surface area contributed by atoms with Gasteiger partial charge in [-0.05, 0) is 18.1 Å². The van der Waals surface area contributed by atoms with Gasteiger partial charge < -0.3 is 4.90 Å². The normalized spacial score (nSPS) is 10.5. The predicted octanol–water partition coefficient (Wildman–Crippen LogP) is 2.10. The molecule has 0 aliphatic carbocycles. The SMILES string of the molecule is Cc1cccc(Cn2cc(C(=O)N(C)C)nn2)c1Br. The molecule has 19 heavy (non-hydrogen) atoms. The number of amides is 1. The van der Waals surface area contributed by atoms with Crippen molar-refractivity contribution in [3.05, 3.63) is 45.7 Å². The number of carbonyl (C=O) groups is 1. The zero-order valence-corrected chi connectivity index (χ0v) is 12.7. The van der Waals surface area contributed by atoms with Crippen LogP contribution in [0.5, 0.6) is 0 Å². The first-order valence-corrected chi connectivity index (χ1v) is 6.64. The highest BCUT2D eigenvalue weighted by molar-refractivity contribution is 9.10. The molecule has 0 bridgehead atoms. The van der Waals surface area contributed by atoms with Crippen molar-refractivity contribution in [1.29, 1.82) is 0 Å². The van der Waals surface area contributed by atoms with Gasteiger partial charge in [0, 0.05) is 18.6 Å². The number of carbonyl (C=O) groups excluding carboxylic acids is 1. The highest BCUT2D eigenvalue weighted by atomic mass is 79.9. The number of hydrogen-bond acceptors (Lipinski definition) is 3. The highest BCUT2D eigenvalue weighted by Gasteiger charge is 2.13. The van der Waals surface area contributed by atoms with Crippen molar-refractivity contribution in [2.45, 2.75) is 13.5 Å². The Labute approximate surface area is 120 Å². The van der Waals surface area contributed by atoms with Gasteiger partial charge in [-0.25, -0.2) is 4.68 Å². The van der Waals surface area contributed by atoms with Crippen molar-refractivity contribution < 1.29 is 4.79 Å². The molecular weight excluding hydrogens is 308 g/mol. The molecular formula is C13H15BrN4O. The molecule has 100 valence electrons. The Morgan fingerprint density at radius 2 is 2.16 bits per heavy atom. The summed E-state index contributed by atoms with van der Waals surface area (Å²) in [4.78, 5) is 13.2. The maximum atomic E-state index is 11.7. The van der Waals surface area contributed by atoms with Crippen LogP contribution in [0.4, 0.5) is 0 Å². The Morgan fingerprint density at radius 3 is 2.84 bits per heavy atom. The molecule has 0 N–H and O–H groups in total. The molecule has 0 aliphatic rings. The number of rotatable bonds is 3. The molecule has 0 saturated heterocycles. The highest BCUT2D eigenvalue weighted by Crippen LogP contribution is 2.21. The second kappa shape index (κ2) is 5.52. The monoisotopic (exact) mass is 322 g/mol. The second-order valence-electron chi connectivity index (χ2n) is 4.55. The van der Waals surface area contributed by atoms with Crippen LogP contribution < -0.4 is 0 Å². The zero-order valence-electron chi connectivity index (χ0n) is 11.1. The van der Waals surface area contributed by atoms with E-state index in [0.29, 0.717) is 12.2 Å². The van der Waals surface area contributed by atoms with E-state index in [9.17, 15) is 4.79 Å². The van der Waals surface area contributed by atoms with E-state index < -0.39 is 0 Å². The minimum Gasteiger partial charge on any atom is -0.343 e. The van der Waals surface area contributed by atoms with Gasteiger partial charge in [-0.15, -0.1) is 5.10 Å². The van der Waals surface area contributed by atoms with Crippen LogP contribution in [0.25, 0.3) is 0 Å².